The van der Waals surface area contributed by atoms with Crippen molar-refractivity contribution in [2.24, 2.45) is 5.84 Å². The van der Waals surface area contributed by atoms with Crippen LogP contribution in [0.3, 0.4) is 0 Å². The van der Waals surface area contributed by atoms with E-state index in [4.69, 9.17) is 5.84 Å². The maximum atomic E-state index is 12.2. The van der Waals surface area contributed by atoms with Gasteiger partial charge in [0.05, 0.1) is 10.7 Å². The van der Waals surface area contributed by atoms with Crippen LogP contribution in [0.1, 0.15) is 10.7 Å². The van der Waals surface area contributed by atoms with E-state index in [2.05, 4.69) is 15.1 Å². The summed E-state index contributed by atoms with van der Waals surface area (Å²) in [6.45, 7) is 2.21. The predicted molar refractivity (Wildman–Crippen MR) is 80.0 cm³/mol. The van der Waals surface area contributed by atoms with Crippen molar-refractivity contribution in [1.29, 1.82) is 0 Å². The zero-order valence-corrected chi connectivity index (χ0v) is 12.6. The number of anilines is 1. The van der Waals surface area contributed by atoms with Crippen LogP contribution in [0.5, 0.6) is 0 Å². The number of hydrogen-bond donors (Lipinski definition) is 3. The van der Waals surface area contributed by atoms with Gasteiger partial charge in [-0.15, -0.1) is 11.3 Å². The molecule has 0 aliphatic rings. The number of nitrogens with one attached hydrogen (secondary N) is 2. The highest BCUT2D eigenvalue weighted by Crippen LogP contribution is 2.19. The van der Waals surface area contributed by atoms with Crippen molar-refractivity contribution in [3.05, 3.63) is 40.3 Å². The Morgan fingerprint density at radius 3 is 2.75 bits per heavy atom. The number of sulfonamides is 1. The zero-order chi connectivity index (χ0) is 14.6. The zero-order valence-electron chi connectivity index (χ0n) is 11.0. The second-order valence-corrected chi connectivity index (χ2v) is 6.85. The Morgan fingerprint density at radius 2 is 2.10 bits per heavy atom. The van der Waals surface area contributed by atoms with Gasteiger partial charge in [0.15, 0.2) is 0 Å². The number of nitrogen functional groups attached to an aromatic ring is 1. The fourth-order valence-electron chi connectivity index (χ4n) is 1.71. The van der Waals surface area contributed by atoms with Crippen LogP contribution < -0.4 is 16.0 Å². The molecule has 8 heteroatoms. The molecule has 0 fully saturated rings. The third-order valence-corrected chi connectivity index (χ3v) is 5.18. The van der Waals surface area contributed by atoms with Gasteiger partial charge in [-0.05, 0) is 19.1 Å². The highest BCUT2D eigenvalue weighted by Gasteiger charge is 2.17. The molecule has 0 radical (unpaired) electrons. The molecule has 0 bridgehead atoms. The average Bonchev–Trinajstić information content (AvgIpc) is 2.84. The smallest absolute Gasteiger partial charge is 0.242 e. The van der Waals surface area contributed by atoms with Crippen LogP contribution >= 0.6 is 11.3 Å². The van der Waals surface area contributed by atoms with E-state index in [9.17, 15) is 8.42 Å². The monoisotopic (exact) mass is 312 g/mol. The number of para-hydroxylation sites is 1. The van der Waals surface area contributed by atoms with Crippen LogP contribution in [0.25, 0.3) is 0 Å². The summed E-state index contributed by atoms with van der Waals surface area (Å²) in [6.07, 6.45) is 0.565. The van der Waals surface area contributed by atoms with Crippen LogP contribution in [0, 0.1) is 6.92 Å². The molecule has 0 atom stereocenters. The molecule has 6 nitrogen and oxygen atoms in total. The molecular weight excluding hydrogens is 296 g/mol. The van der Waals surface area contributed by atoms with Gasteiger partial charge in [-0.3, -0.25) is 5.84 Å². The lowest BCUT2D eigenvalue weighted by Gasteiger charge is -2.10. The quantitative estimate of drug-likeness (QED) is 0.551. The molecule has 0 spiro atoms. The highest BCUT2D eigenvalue weighted by atomic mass is 32.2. The number of nitrogens with zero attached hydrogens (tertiary/aromatic N) is 1. The van der Waals surface area contributed by atoms with Crippen LogP contribution in [-0.2, 0) is 16.4 Å². The lowest BCUT2D eigenvalue weighted by Crippen LogP contribution is -2.27. The van der Waals surface area contributed by atoms with Crippen LogP contribution in [0.2, 0.25) is 0 Å². The number of benzene rings is 1. The van der Waals surface area contributed by atoms with E-state index >= 15 is 0 Å². The van der Waals surface area contributed by atoms with Gasteiger partial charge < -0.3 is 5.43 Å². The van der Waals surface area contributed by atoms with E-state index in [0.717, 1.165) is 10.7 Å². The maximum absolute atomic E-state index is 12.2. The SMILES string of the molecule is Cc1csc(CCNS(=O)(=O)c2ccccc2NN)n1. The Labute approximate surface area is 122 Å². The van der Waals surface area contributed by atoms with Crippen molar-refractivity contribution in [2.45, 2.75) is 18.2 Å². The van der Waals surface area contributed by atoms with Gasteiger partial charge >= 0.3 is 0 Å². The van der Waals surface area contributed by atoms with Crippen LogP contribution in [0.4, 0.5) is 5.69 Å². The first kappa shape index (κ1) is 14.9. The highest BCUT2D eigenvalue weighted by molar-refractivity contribution is 7.89. The Bertz CT molecular complexity index is 682. The fourth-order valence-corrected chi connectivity index (χ4v) is 3.68. The first-order valence-corrected chi connectivity index (χ1v) is 8.35. The number of hydrazine groups is 1. The molecule has 2 rings (SSSR count). The minimum absolute atomic E-state index is 0.137. The third-order valence-electron chi connectivity index (χ3n) is 2.63. The molecule has 1 aromatic carbocycles. The van der Waals surface area contributed by atoms with Crippen LogP contribution in [0.15, 0.2) is 34.5 Å². The van der Waals surface area contributed by atoms with Crippen molar-refractivity contribution >= 4 is 27.0 Å². The molecule has 1 heterocycles. The molecule has 20 heavy (non-hydrogen) atoms. The minimum atomic E-state index is -3.58. The molecule has 4 N–H and O–H groups in total. The summed E-state index contributed by atoms with van der Waals surface area (Å²) in [6, 6.07) is 6.48. The van der Waals surface area contributed by atoms with Gasteiger partial charge in [0.25, 0.3) is 0 Å². The molecule has 0 saturated carbocycles. The molecule has 0 aliphatic heterocycles. The molecule has 0 saturated heterocycles. The van der Waals surface area contributed by atoms with Gasteiger partial charge in [0, 0.05) is 24.0 Å². The number of hydrogen-bond acceptors (Lipinski definition) is 6. The van der Waals surface area contributed by atoms with Gasteiger partial charge in [-0.2, -0.15) is 0 Å². The molecule has 0 unspecified atom stereocenters. The van der Waals surface area contributed by atoms with Gasteiger partial charge in [0.1, 0.15) is 4.90 Å². The van der Waals surface area contributed by atoms with E-state index < -0.39 is 10.0 Å². The number of nitrogens with two attached hydrogens (primary N) is 1. The number of thiazole rings is 1. The molecule has 0 amide bonds. The summed E-state index contributed by atoms with van der Waals surface area (Å²) < 4.78 is 26.9. The van der Waals surface area contributed by atoms with Crippen molar-refractivity contribution < 1.29 is 8.42 Å². The molecule has 0 aliphatic carbocycles. The Balaban J connectivity index is 2.04. The van der Waals surface area contributed by atoms with E-state index in [1.54, 1.807) is 18.2 Å². The second-order valence-electron chi connectivity index (χ2n) is 4.17. The summed E-state index contributed by atoms with van der Waals surface area (Å²) in [5, 5.41) is 2.85. The normalized spacial score (nSPS) is 11.5. The average molecular weight is 312 g/mol. The lowest BCUT2D eigenvalue weighted by molar-refractivity contribution is 0.582. The molecule has 108 valence electrons. The lowest BCUT2D eigenvalue weighted by atomic mass is 10.3. The standard InChI is InChI=1S/C12H16N4O2S2/c1-9-8-19-12(15-9)6-7-14-20(17,18)11-5-3-2-4-10(11)16-13/h2-5,8,14,16H,6-7,13H2,1H3. The molecule has 1 aromatic heterocycles. The Morgan fingerprint density at radius 1 is 1.35 bits per heavy atom. The van der Waals surface area contributed by atoms with Gasteiger partial charge in [-0.25, -0.2) is 18.1 Å². The fraction of sp³-hybridized carbons (Fsp3) is 0.250. The summed E-state index contributed by atoms with van der Waals surface area (Å²) in [5.41, 5.74) is 3.70. The Hall–Kier alpha value is -1.48. The predicted octanol–water partition coefficient (Wildman–Crippen LogP) is 1.26. The summed E-state index contributed by atoms with van der Waals surface area (Å²) in [4.78, 5) is 4.42. The van der Waals surface area contributed by atoms with Crippen molar-refractivity contribution in [1.82, 2.24) is 9.71 Å². The number of rotatable bonds is 6. The minimum Gasteiger partial charge on any atom is -0.323 e. The van der Waals surface area contributed by atoms with E-state index in [-0.39, 0.29) is 4.90 Å². The number of aromatic nitrogens is 1. The third kappa shape index (κ3) is 3.54. The molecular formula is C12H16N4O2S2. The van der Waals surface area contributed by atoms with Gasteiger partial charge in [0.2, 0.25) is 10.0 Å². The van der Waals surface area contributed by atoms with Crippen molar-refractivity contribution in [3.8, 4) is 0 Å². The summed E-state index contributed by atoms with van der Waals surface area (Å²) >= 11 is 1.53. The van der Waals surface area contributed by atoms with Gasteiger partial charge in [-0.1, -0.05) is 12.1 Å². The van der Waals surface area contributed by atoms with Crippen LogP contribution in [-0.4, -0.2) is 19.9 Å². The summed E-state index contributed by atoms with van der Waals surface area (Å²) in [7, 11) is -3.58. The first-order chi connectivity index (χ1) is 9.53. The van der Waals surface area contributed by atoms with E-state index in [1.807, 2.05) is 12.3 Å². The maximum Gasteiger partial charge on any atom is 0.242 e. The van der Waals surface area contributed by atoms with Crippen molar-refractivity contribution in [3.63, 3.8) is 0 Å². The van der Waals surface area contributed by atoms with E-state index in [0.29, 0.717) is 18.7 Å². The van der Waals surface area contributed by atoms with Crippen molar-refractivity contribution in [2.75, 3.05) is 12.0 Å². The number of aryl methyl sites for hydroxylation is 1. The topological polar surface area (TPSA) is 97.1 Å². The Kier molecular flexibility index (Phi) is 4.71. The summed E-state index contributed by atoms with van der Waals surface area (Å²) in [5.74, 6) is 5.32. The molecule has 2 aromatic rings. The first-order valence-electron chi connectivity index (χ1n) is 5.99. The van der Waals surface area contributed by atoms with E-state index in [1.165, 1.54) is 17.4 Å². The second kappa shape index (κ2) is 6.31. The largest absolute Gasteiger partial charge is 0.323 e.